The molecule has 1 fully saturated rings. The number of hydrogen-bond acceptors (Lipinski definition) is 4. The maximum Gasteiger partial charge on any atom is 0.270 e. The van der Waals surface area contributed by atoms with Gasteiger partial charge in [0.05, 0.1) is 10.7 Å². The lowest BCUT2D eigenvalue weighted by atomic mass is 10.1. The third-order valence-electron chi connectivity index (χ3n) is 4.82. The highest BCUT2D eigenvalue weighted by Gasteiger charge is 2.34. The SMILES string of the molecule is CCc1ccc(N2C(=O)/C(=C/c3ccc(-c4ccc(Br)c(Cl)c4)o3)C(=O)NC2=S)cc1. The smallest absolute Gasteiger partial charge is 0.270 e. The maximum atomic E-state index is 13.1. The van der Waals surface area contributed by atoms with Crippen molar-refractivity contribution in [1.82, 2.24) is 5.32 Å². The number of rotatable bonds is 4. The first-order valence-electron chi connectivity index (χ1n) is 9.43. The Morgan fingerprint density at radius 1 is 1.13 bits per heavy atom. The minimum atomic E-state index is -0.568. The molecule has 3 aromatic rings. The number of nitrogens with one attached hydrogen (secondary N) is 1. The van der Waals surface area contributed by atoms with Gasteiger partial charge in [-0.05, 0) is 82.6 Å². The van der Waals surface area contributed by atoms with Crippen molar-refractivity contribution in [2.24, 2.45) is 0 Å². The molecule has 1 aliphatic rings. The minimum Gasteiger partial charge on any atom is -0.457 e. The van der Waals surface area contributed by atoms with E-state index in [0.29, 0.717) is 22.2 Å². The van der Waals surface area contributed by atoms with Gasteiger partial charge in [-0.25, -0.2) is 0 Å². The summed E-state index contributed by atoms with van der Waals surface area (Å²) in [6.45, 7) is 2.05. The summed E-state index contributed by atoms with van der Waals surface area (Å²) in [6, 6.07) is 16.3. The van der Waals surface area contributed by atoms with Crippen LogP contribution in [0.4, 0.5) is 5.69 Å². The van der Waals surface area contributed by atoms with Crippen LogP contribution in [0.2, 0.25) is 5.02 Å². The van der Waals surface area contributed by atoms with E-state index in [1.165, 1.54) is 11.0 Å². The fraction of sp³-hybridized carbons (Fsp3) is 0.0870. The van der Waals surface area contributed by atoms with Crippen molar-refractivity contribution in [3.8, 4) is 11.3 Å². The third kappa shape index (κ3) is 4.35. The summed E-state index contributed by atoms with van der Waals surface area (Å²) < 4.78 is 6.61. The van der Waals surface area contributed by atoms with Crippen molar-refractivity contribution in [3.05, 3.63) is 81.0 Å². The number of amides is 2. The quantitative estimate of drug-likeness (QED) is 0.273. The first-order chi connectivity index (χ1) is 14.9. The lowest BCUT2D eigenvalue weighted by molar-refractivity contribution is -0.122. The predicted molar refractivity (Wildman–Crippen MR) is 129 cm³/mol. The summed E-state index contributed by atoms with van der Waals surface area (Å²) in [6.07, 6.45) is 2.29. The number of carbonyl (C=O) groups is 2. The van der Waals surface area contributed by atoms with Crippen LogP contribution >= 0.6 is 39.7 Å². The van der Waals surface area contributed by atoms with E-state index in [1.807, 2.05) is 31.2 Å². The summed E-state index contributed by atoms with van der Waals surface area (Å²) in [5, 5.41) is 3.17. The molecule has 1 N–H and O–H groups in total. The van der Waals surface area contributed by atoms with Crippen LogP contribution in [0.25, 0.3) is 17.4 Å². The van der Waals surface area contributed by atoms with Crippen molar-refractivity contribution in [1.29, 1.82) is 0 Å². The molecule has 156 valence electrons. The molecule has 0 bridgehead atoms. The number of carbonyl (C=O) groups excluding carboxylic acids is 2. The molecule has 1 aromatic heterocycles. The standard InChI is InChI=1S/C23H16BrClN2O3S/c1-2-13-3-6-15(7-4-13)27-22(29)17(21(28)26-23(27)31)12-16-8-10-20(30-16)14-5-9-18(24)19(25)11-14/h3-12H,2H2,1H3,(H,26,28,31)/b17-12+. The Balaban J connectivity index is 1.65. The highest BCUT2D eigenvalue weighted by molar-refractivity contribution is 9.10. The van der Waals surface area contributed by atoms with Crippen LogP contribution in [0.5, 0.6) is 0 Å². The number of nitrogens with zero attached hydrogens (tertiary/aromatic N) is 1. The molecule has 2 aromatic carbocycles. The molecular formula is C23H16BrClN2O3S. The molecule has 0 atom stereocenters. The van der Waals surface area contributed by atoms with Crippen LogP contribution in [-0.2, 0) is 16.0 Å². The first-order valence-corrected chi connectivity index (χ1v) is 11.0. The first kappa shape index (κ1) is 21.5. The number of anilines is 1. The van der Waals surface area contributed by atoms with Gasteiger partial charge >= 0.3 is 0 Å². The van der Waals surface area contributed by atoms with Crippen LogP contribution < -0.4 is 10.2 Å². The average molecular weight is 516 g/mol. The fourth-order valence-electron chi connectivity index (χ4n) is 3.15. The number of hydrogen-bond donors (Lipinski definition) is 1. The van der Waals surface area contributed by atoms with Crippen molar-refractivity contribution in [3.63, 3.8) is 0 Å². The Morgan fingerprint density at radius 3 is 2.55 bits per heavy atom. The van der Waals surface area contributed by atoms with Crippen LogP contribution in [0.15, 0.2) is 69.1 Å². The summed E-state index contributed by atoms with van der Waals surface area (Å²) in [5.74, 6) is -0.155. The van der Waals surface area contributed by atoms with E-state index < -0.39 is 11.8 Å². The Morgan fingerprint density at radius 2 is 1.87 bits per heavy atom. The molecule has 5 nitrogen and oxygen atoms in total. The van der Waals surface area contributed by atoms with E-state index in [0.717, 1.165) is 22.0 Å². The zero-order chi connectivity index (χ0) is 22.1. The van der Waals surface area contributed by atoms with E-state index in [4.69, 9.17) is 28.2 Å². The Labute approximate surface area is 197 Å². The topological polar surface area (TPSA) is 62.6 Å². The molecule has 4 rings (SSSR count). The number of halogens is 2. The van der Waals surface area contributed by atoms with Gasteiger partial charge in [0.2, 0.25) is 0 Å². The van der Waals surface area contributed by atoms with E-state index in [9.17, 15) is 9.59 Å². The molecule has 2 heterocycles. The van der Waals surface area contributed by atoms with E-state index in [2.05, 4.69) is 21.2 Å². The highest BCUT2D eigenvalue weighted by Crippen LogP contribution is 2.31. The average Bonchev–Trinajstić information content (AvgIpc) is 3.22. The summed E-state index contributed by atoms with van der Waals surface area (Å²) >= 11 is 14.7. The van der Waals surface area contributed by atoms with Crippen LogP contribution in [0, 0.1) is 0 Å². The molecule has 31 heavy (non-hydrogen) atoms. The molecule has 0 unspecified atom stereocenters. The molecule has 0 saturated carbocycles. The monoisotopic (exact) mass is 514 g/mol. The summed E-state index contributed by atoms with van der Waals surface area (Å²) in [4.78, 5) is 26.9. The highest BCUT2D eigenvalue weighted by atomic mass is 79.9. The van der Waals surface area contributed by atoms with E-state index >= 15 is 0 Å². The van der Waals surface area contributed by atoms with Crippen LogP contribution in [-0.4, -0.2) is 16.9 Å². The van der Waals surface area contributed by atoms with Gasteiger partial charge in [0.15, 0.2) is 5.11 Å². The Kier molecular flexibility index (Phi) is 6.09. The van der Waals surface area contributed by atoms with Crippen molar-refractivity contribution in [2.45, 2.75) is 13.3 Å². The zero-order valence-corrected chi connectivity index (χ0v) is 19.5. The van der Waals surface area contributed by atoms with Gasteiger partial charge in [-0.2, -0.15) is 0 Å². The van der Waals surface area contributed by atoms with E-state index in [-0.39, 0.29) is 10.7 Å². The van der Waals surface area contributed by atoms with Gasteiger partial charge in [0.1, 0.15) is 17.1 Å². The van der Waals surface area contributed by atoms with Crippen LogP contribution in [0.3, 0.4) is 0 Å². The van der Waals surface area contributed by atoms with Gasteiger partial charge in [0.25, 0.3) is 11.8 Å². The molecular weight excluding hydrogens is 500 g/mol. The second kappa shape index (κ2) is 8.78. The molecule has 0 spiro atoms. The normalized spacial score (nSPS) is 15.5. The van der Waals surface area contributed by atoms with Gasteiger partial charge in [0, 0.05) is 10.0 Å². The summed E-state index contributed by atoms with van der Waals surface area (Å²) in [7, 11) is 0. The fourth-order valence-corrected chi connectivity index (χ4v) is 3.86. The second-order valence-corrected chi connectivity index (χ2v) is 8.46. The second-order valence-electron chi connectivity index (χ2n) is 6.81. The van der Waals surface area contributed by atoms with E-state index in [1.54, 1.807) is 30.3 Å². The maximum absolute atomic E-state index is 13.1. The number of aryl methyl sites for hydroxylation is 1. The number of benzene rings is 2. The van der Waals surface area contributed by atoms with Gasteiger partial charge < -0.3 is 4.42 Å². The summed E-state index contributed by atoms with van der Waals surface area (Å²) in [5.41, 5.74) is 2.43. The van der Waals surface area contributed by atoms with Crippen LogP contribution in [0.1, 0.15) is 18.2 Å². The molecule has 2 amide bonds. The van der Waals surface area contributed by atoms with Crippen molar-refractivity contribution >= 4 is 68.4 Å². The molecule has 1 aliphatic heterocycles. The Bertz CT molecular complexity index is 1230. The number of furan rings is 1. The predicted octanol–water partition coefficient (Wildman–Crippen LogP) is 5.76. The lowest BCUT2D eigenvalue weighted by Crippen LogP contribution is -2.54. The Hall–Kier alpha value is -2.74. The number of thiocarbonyl (C=S) groups is 1. The zero-order valence-electron chi connectivity index (χ0n) is 16.3. The molecule has 8 heteroatoms. The minimum absolute atomic E-state index is 0.0426. The van der Waals surface area contributed by atoms with Crippen molar-refractivity contribution < 1.29 is 14.0 Å². The molecule has 1 saturated heterocycles. The van der Waals surface area contributed by atoms with Gasteiger partial charge in [-0.15, -0.1) is 0 Å². The largest absolute Gasteiger partial charge is 0.457 e. The van der Waals surface area contributed by atoms with Gasteiger partial charge in [-0.1, -0.05) is 36.7 Å². The molecule has 0 radical (unpaired) electrons. The van der Waals surface area contributed by atoms with Crippen molar-refractivity contribution in [2.75, 3.05) is 4.90 Å². The third-order valence-corrected chi connectivity index (χ3v) is 6.34. The van der Waals surface area contributed by atoms with Gasteiger partial charge in [-0.3, -0.25) is 19.8 Å². The molecule has 0 aliphatic carbocycles. The lowest BCUT2D eigenvalue weighted by Gasteiger charge is -2.28.